The molecule has 0 aliphatic heterocycles. The van der Waals surface area contributed by atoms with Gasteiger partial charge in [-0.3, -0.25) is 5.32 Å². The first-order chi connectivity index (χ1) is 7.63. The van der Waals surface area contributed by atoms with Gasteiger partial charge < -0.3 is 5.11 Å². The molecule has 3 nitrogen and oxygen atoms in total. The summed E-state index contributed by atoms with van der Waals surface area (Å²) in [6.07, 6.45) is 3.20. The van der Waals surface area contributed by atoms with Gasteiger partial charge in [0, 0.05) is 0 Å². The van der Waals surface area contributed by atoms with E-state index in [1.807, 2.05) is 6.92 Å². The summed E-state index contributed by atoms with van der Waals surface area (Å²) in [7, 11) is 0. The van der Waals surface area contributed by atoms with E-state index >= 15 is 0 Å². The van der Waals surface area contributed by atoms with E-state index < -0.39 is 6.09 Å². The average Bonchev–Trinajstić information content (AvgIpc) is 2.69. The van der Waals surface area contributed by atoms with Crippen molar-refractivity contribution >= 4 is 11.8 Å². The molecule has 1 aromatic carbocycles. The van der Waals surface area contributed by atoms with Crippen LogP contribution in [0.1, 0.15) is 35.6 Å². The first-order valence-electron chi connectivity index (χ1n) is 5.77. The quantitative estimate of drug-likeness (QED) is 0.802. The third kappa shape index (κ3) is 1.77. The van der Waals surface area contributed by atoms with Gasteiger partial charge in [-0.15, -0.1) is 0 Å². The molecule has 0 saturated carbocycles. The summed E-state index contributed by atoms with van der Waals surface area (Å²) in [5, 5.41) is 11.4. The fourth-order valence-corrected chi connectivity index (χ4v) is 2.56. The number of benzene rings is 1. The Bertz CT molecular complexity index is 437. The summed E-state index contributed by atoms with van der Waals surface area (Å²) < 4.78 is 0. The number of rotatable bonds is 2. The molecule has 86 valence electrons. The number of amides is 1. The van der Waals surface area contributed by atoms with Crippen LogP contribution in [-0.4, -0.2) is 11.2 Å². The van der Waals surface area contributed by atoms with Crippen molar-refractivity contribution in [3.63, 3.8) is 0 Å². The van der Waals surface area contributed by atoms with Crippen LogP contribution in [0.15, 0.2) is 6.07 Å². The van der Waals surface area contributed by atoms with Crippen LogP contribution in [0.5, 0.6) is 0 Å². The Kier molecular flexibility index (Phi) is 2.86. The minimum absolute atomic E-state index is 0.833. The van der Waals surface area contributed by atoms with Crippen molar-refractivity contribution in [1.82, 2.24) is 0 Å². The SMILES string of the molecule is CCc1cc2c(c(NC(=O)O)c1C)CCC2. The van der Waals surface area contributed by atoms with Crippen LogP contribution < -0.4 is 5.32 Å². The molecule has 0 atom stereocenters. The van der Waals surface area contributed by atoms with E-state index in [0.29, 0.717) is 0 Å². The Morgan fingerprint density at radius 1 is 1.50 bits per heavy atom. The summed E-state index contributed by atoms with van der Waals surface area (Å²) in [4.78, 5) is 10.8. The van der Waals surface area contributed by atoms with Crippen molar-refractivity contribution in [2.45, 2.75) is 39.5 Å². The number of hydrogen-bond donors (Lipinski definition) is 2. The normalized spacial score (nSPS) is 13.6. The van der Waals surface area contributed by atoms with Gasteiger partial charge in [-0.25, -0.2) is 4.79 Å². The van der Waals surface area contributed by atoms with E-state index in [-0.39, 0.29) is 0 Å². The Morgan fingerprint density at radius 3 is 2.88 bits per heavy atom. The second-order valence-electron chi connectivity index (χ2n) is 4.31. The Labute approximate surface area is 95.5 Å². The number of nitrogens with one attached hydrogen (secondary N) is 1. The fourth-order valence-electron chi connectivity index (χ4n) is 2.56. The molecule has 0 heterocycles. The average molecular weight is 219 g/mol. The van der Waals surface area contributed by atoms with Crippen LogP contribution in [0.25, 0.3) is 0 Å². The maximum absolute atomic E-state index is 10.8. The molecule has 2 N–H and O–H groups in total. The summed E-state index contributed by atoms with van der Waals surface area (Å²) >= 11 is 0. The minimum atomic E-state index is -0.967. The van der Waals surface area contributed by atoms with Crippen molar-refractivity contribution in [2.75, 3.05) is 5.32 Å². The van der Waals surface area contributed by atoms with E-state index in [0.717, 1.165) is 36.9 Å². The van der Waals surface area contributed by atoms with Crippen molar-refractivity contribution in [2.24, 2.45) is 0 Å². The Hall–Kier alpha value is -1.51. The predicted octanol–water partition coefficient (Wildman–Crippen LogP) is 3.14. The van der Waals surface area contributed by atoms with Crippen molar-refractivity contribution < 1.29 is 9.90 Å². The topological polar surface area (TPSA) is 49.3 Å². The standard InChI is InChI=1S/C13H17NO2/c1-3-9-7-10-5-4-6-11(10)12(8(9)2)14-13(15)16/h7,14H,3-6H2,1-2H3,(H,15,16). The van der Waals surface area contributed by atoms with Crippen molar-refractivity contribution in [3.8, 4) is 0 Å². The predicted molar refractivity (Wildman–Crippen MR) is 64.2 cm³/mol. The van der Waals surface area contributed by atoms with Gasteiger partial charge in [0.15, 0.2) is 0 Å². The minimum Gasteiger partial charge on any atom is -0.465 e. The van der Waals surface area contributed by atoms with Crippen LogP contribution in [0, 0.1) is 6.92 Å². The molecule has 2 rings (SSSR count). The van der Waals surface area contributed by atoms with Gasteiger partial charge in [0.1, 0.15) is 0 Å². The number of anilines is 1. The van der Waals surface area contributed by atoms with Gasteiger partial charge in [-0.1, -0.05) is 13.0 Å². The molecule has 1 amide bonds. The van der Waals surface area contributed by atoms with Crippen molar-refractivity contribution in [1.29, 1.82) is 0 Å². The largest absolute Gasteiger partial charge is 0.465 e. The van der Waals surface area contributed by atoms with E-state index in [9.17, 15) is 4.79 Å². The molecule has 1 aliphatic rings. The van der Waals surface area contributed by atoms with Crippen LogP contribution in [-0.2, 0) is 19.3 Å². The molecule has 0 aromatic heterocycles. The van der Waals surface area contributed by atoms with E-state index in [1.165, 1.54) is 16.7 Å². The monoisotopic (exact) mass is 219 g/mol. The Balaban J connectivity index is 2.55. The highest BCUT2D eigenvalue weighted by molar-refractivity contribution is 5.86. The molecule has 1 aromatic rings. The molecule has 0 unspecified atom stereocenters. The summed E-state index contributed by atoms with van der Waals surface area (Å²) in [5.41, 5.74) is 5.71. The number of carbonyl (C=O) groups is 1. The summed E-state index contributed by atoms with van der Waals surface area (Å²) in [6.45, 7) is 4.11. The van der Waals surface area contributed by atoms with Gasteiger partial charge in [-0.05, 0) is 54.9 Å². The van der Waals surface area contributed by atoms with Crippen LogP contribution >= 0.6 is 0 Å². The first-order valence-corrected chi connectivity index (χ1v) is 5.77. The second-order valence-corrected chi connectivity index (χ2v) is 4.31. The van der Waals surface area contributed by atoms with Crippen LogP contribution in [0.3, 0.4) is 0 Å². The molecule has 0 saturated heterocycles. The number of hydrogen-bond acceptors (Lipinski definition) is 1. The van der Waals surface area contributed by atoms with E-state index in [2.05, 4.69) is 18.3 Å². The molecule has 16 heavy (non-hydrogen) atoms. The maximum Gasteiger partial charge on any atom is 0.409 e. The van der Waals surface area contributed by atoms with Crippen LogP contribution in [0.4, 0.5) is 10.5 Å². The summed E-state index contributed by atoms with van der Waals surface area (Å²) in [5.74, 6) is 0. The number of fused-ring (bicyclic) bond motifs is 1. The summed E-state index contributed by atoms with van der Waals surface area (Å²) in [6, 6.07) is 2.24. The van der Waals surface area contributed by atoms with Gasteiger partial charge in [0.25, 0.3) is 0 Å². The van der Waals surface area contributed by atoms with Crippen LogP contribution in [0.2, 0.25) is 0 Å². The molecule has 0 bridgehead atoms. The lowest BCUT2D eigenvalue weighted by atomic mass is 9.96. The van der Waals surface area contributed by atoms with Gasteiger partial charge in [0.05, 0.1) is 5.69 Å². The lowest BCUT2D eigenvalue weighted by Gasteiger charge is -2.15. The molecular formula is C13H17NO2. The molecule has 0 fully saturated rings. The molecule has 0 radical (unpaired) electrons. The fraction of sp³-hybridized carbons (Fsp3) is 0.462. The number of carboxylic acid groups (broad SMARTS) is 1. The van der Waals surface area contributed by atoms with E-state index in [1.54, 1.807) is 0 Å². The smallest absolute Gasteiger partial charge is 0.409 e. The lowest BCUT2D eigenvalue weighted by molar-refractivity contribution is 0.209. The van der Waals surface area contributed by atoms with E-state index in [4.69, 9.17) is 5.11 Å². The third-order valence-corrected chi connectivity index (χ3v) is 3.38. The maximum atomic E-state index is 10.8. The highest BCUT2D eigenvalue weighted by Crippen LogP contribution is 2.34. The molecular weight excluding hydrogens is 202 g/mol. The highest BCUT2D eigenvalue weighted by Gasteiger charge is 2.19. The van der Waals surface area contributed by atoms with Gasteiger partial charge >= 0.3 is 6.09 Å². The zero-order valence-corrected chi connectivity index (χ0v) is 9.76. The van der Waals surface area contributed by atoms with Crippen molar-refractivity contribution in [3.05, 3.63) is 28.3 Å². The molecule has 1 aliphatic carbocycles. The Morgan fingerprint density at radius 2 is 2.25 bits per heavy atom. The number of aryl methyl sites for hydroxylation is 2. The second kappa shape index (κ2) is 4.16. The molecule has 0 spiro atoms. The molecule has 3 heteroatoms. The van der Waals surface area contributed by atoms with Gasteiger partial charge in [-0.2, -0.15) is 0 Å². The van der Waals surface area contributed by atoms with Gasteiger partial charge in [0.2, 0.25) is 0 Å². The highest BCUT2D eigenvalue weighted by atomic mass is 16.4. The zero-order chi connectivity index (χ0) is 11.7. The third-order valence-electron chi connectivity index (χ3n) is 3.38. The zero-order valence-electron chi connectivity index (χ0n) is 9.76. The lowest BCUT2D eigenvalue weighted by Crippen LogP contribution is -2.12. The first kappa shape index (κ1) is 11.0.